The standard InChI is InChI=1S/C9H5ClF4N2O2/c10-4-1-5(11)6(2-7(4)17)16-15-3-8(18)9(12,13)14/h1-3,16-17H/b15-3-. The van der Waals surface area contributed by atoms with Gasteiger partial charge in [0.25, 0.3) is 5.78 Å². The van der Waals surface area contributed by atoms with Gasteiger partial charge in [0.15, 0.2) is 0 Å². The second kappa shape index (κ2) is 5.21. The van der Waals surface area contributed by atoms with Gasteiger partial charge >= 0.3 is 6.18 Å². The molecule has 0 saturated heterocycles. The number of hydrogen-bond acceptors (Lipinski definition) is 4. The van der Waals surface area contributed by atoms with Gasteiger partial charge in [0.1, 0.15) is 11.6 Å². The number of anilines is 1. The summed E-state index contributed by atoms with van der Waals surface area (Å²) in [4.78, 5) is 10.4. The predicted molar refractivity (Wildman–Crippen MR) is 56.3 cm³/mol. The molecule has 0 aliphatic carbocycles. The van der Waals surface area contributed by atoms with Gasteiger partial charge in [0.2, 0.25) is 0 Å². The number of nitrogens with one attached hydrogen (secondary N) is 1. The molecule has 1 aromatic rings. The molecule has 0 spiro atoms. The van der Waals surface area contributed by atoms with Crippen LogP contribution in [0.15, 0.2) is 17.2 Å². The number of aromatic hydroxyl groups is 1. The van der Waals surface area contributed by atoms with Gasteiger partial charge in [-0.15, -0.1) is 0 Å². The van der Waals surface area contributed by atoms with E-state index in [1.807, 2.05) is 5.43 Å². The summed E-state index contributed by atoms with van der Waals surface area (Å²) >= 11 is 5.37. The molecule has 0 heterocycles. The van der Waals surface area contributed by atoms with Gasteiger partial charge in [-0.05, 0) is 6.07 Å². The molecule has 0 saturated carbocycles. The van der Waals surface area contributed by atoms with E-state index in [1.54, 1.807) is 0 Å². The molecule has 0 unspecified atom stereocenters. The first kappa shape index (κ1) is 14.2. The Morgan fingerprint density at radius 1 is 1.44 bits per heavy atom. The summed E-state index contributed by atoms with van der Waals surface area (Å²) in [6.45, 7) is 0. The molecule has 0 amide bonds. The summed E-state index contributed by atoms with van der Waals surface area (Å²) in [5.41, 5.74) is 1.41. The van der Waals surface area contributed by atoms with Gasteiger partial charge < -0.3 is 5.11 Å². The summed E-state index contributed by atoms with van der Waals surface area (Å²) in [7, 11) is 0. The number of Topliss-reactive ketones (excluding diaryl/α,β-unsaturated/α-hetero) is 1. The summed E-state index contributed by atoms with van der Waals surface area (Å²) in [6.07, 6.45) is -5.10. The van der Waals surface area contributed by atoms with Crippen molar-refractivity contribution >= 4 is 29.3 Å². The average Bonchev–Trinajstić information content (AvgIpc) is 2.23. The molecule has 0 aliphatic rings. The highest BCUT2D eigenvalue weighted by Gasteiger charge is 2.36. The van der Waals surface area contributed by atoms with Gasteiger partial charge in [-0.25, -0.2) is 4.39 Å². The SMILES string of the molecule is O=C(/C=N\Nc1cc(O)c(Cl)cc1F)C(F)(F)F. The van der Waals surface area contributed by atoms with Gasteiger partial charge in [-0.2, -0.15) is 18.3 Å². The van der Waals surface area contributed by atoms with Crippen molar-refractivity contribution in [3.8, 4) is 5.75 Å². The third kappa shape index (κ3) is 3.59. The number of carbonyl (C=O) groups excluding carboxylic acids is 1. The van der Waals surface area contributed by atoms with Crippen LogP contribution < -0.4 is 5.43 Å². The summed E-state index contributed by atoms with van der Waals surface area (Å²) < 4.78 is 48.5. The lowest BCUT2D eigenvalue weighted by Crippen LogP contribution is -2.23. The third-order valence-corrected chi connectivity index (χ3v) is 1.99. The van der Waals surface area contributed by atoms with Gasteiger partial charge in [-0.3, -0.25) is 10.2 Å². The number of carbonyl (C=O) groups is 1. The topological polar surface area (TPSA) is 61.7 Å². The van der Waals surface area contributed by atoms with Crippen molar-refractivity contribution in [3.63, 3.8) is 0 Å². The Morgan fingerprint density at radius 2 is 2.06 bits per heavy atom. The maximum absolute atomic E-state index is 13.1. The average molecular weight is 285 g/mol. The number of benzene rings is 1. The van der Waals surface area contributed by atoms with Crippen LogP contribution in [-0.2, 0) is 4.79 Å². The van der Waals surface area contributed by atoms with E-state index in [2.05, 4.69) is 5.10 Å². The molecular formula is C9H5ClF4N2O2. The quantitative estimate of drug-likeness (QED) is 0.510. The van der Waals surface area contributed by atoms with Crippen LogP contribution in [0.4, 0.5) is 23.2 Å². The molecule has 2 N–H and O–H groups in total. The Balaban J connectivity index is 2.79. The van der Waals surface area contributed by atoms with Crippen molar-refractivity contribution in [2.24, 2.45) is 5.10 Å². The van der Waals surface area contributed by atoms with E-state index < -0.39 is 29.2 Å². The molecular weight excluding hydrogens is 280 g/mol. The molecule has 0 aromatic heterocycles. The Kier molecular flexibility index (Phi) is 4.12. The van der Waals surface area contributed by atoms with Crippen molar-refractivity contribution in [1.29, 1.82) is 0 Å². The number of alkyl halides is 3. The Morgan fingerprint density at radius 3 is 2.61 bits per heavy atom. The van der Waals surface area contributed by atoms with E-state index in [-0.39, 0.29) is 11.2 Å². The fourth-order valence-corrected chi connectivity index (χ4v) is 1.01. The minimum Gasteiger partial charge on any atom is -0.506 e. The third-order valence-electron chi connectivity index (χ3n) is 1.68. The number of ketones is 1. The number of rotatable bonds is 3. The van der Waals surface area contributed by atoms with Crippen molar-refractivity contribution < 1.29 is 27.5 Å². The molecule has 4 nitrogen and oxygen atoms in total. The van der Waals surface area contributed by atoms with Crippen LogP contribution in [0, 0.1) is 5.82 Å². The van der Waals surface area contributed by atoms with Crippen LogP contribution >= 0.6 is 11.6 Å². The molecule has 0 fully saturated rings. The zero-order valence-electron chi connectivity index (χ0n) is 8.42. The largest absolute Gasteiger partial charge is 0.506 e. The summed E-state index contributed by atoms with van der Waals surface area (Å²) in [5, 5.41) is 11.8. The number of nitrogens with zero attached hydrogens (tertiary/aromatic N) is 1. The molecule has 98 valence electrons. The van der Waals surface area contributed by atoms with Crippen LogP contribution in [0.5, 0.6) is 5.75 Å². The zero-order chi connectivity index (χ0) is 13.9. The first-order valence-electron chi connectivity index (χ1n) is 4.30. The first-order valence-corrected chi connectivity index (χ1v) is 4.68. The summed E-state index contributed by atoms with van der Waals surface area (Å²) in [5.74, 6) is -3.64. The lowest BCUT2D eigenvalue weighted by atomic mass is 10.3. The molecule has 0 bridgehead atoms. The lowest BCUT2D eigenvalue weighted by molar-refractivity contribution is -0.162. The van der Waals surface area contributed by atoms with Gasteiger partial charge in [-0.1, -0.05) is 11.6 Å². The highest BCUT2D eigenvalue weighted by atomic mass is 35.5. The minimum absolute atomic E-state index is 0.0505. The molecule has 1 aromatic carbocycles. The minimum atomic E-state index is -5.05. The molecule has 1 rings (SSSR count). The van der Waals surface area contributed by atoms with E-state index >= 15 is 0 Å². The van der Waals surface area contributed by atoms with Crippen LogP contribution in [0.3, 0.4) is 0 Å². The smallest absolute Gasteiger partial charge is 0.455 e. The molecule has 9 heteroatoms. The Bertz CT molecular complexity index is 502. The van der Waals surface area contributed by atoms with E-state index in [0.29, 0.717) is 0 Å². The van der Waals surface area contributed by atoms with Crippen molar-refractivity contribution in [1.82, 2.24) is 0 Å². The number of hydrazone groups is 1. The fraction of sp³-hybridized carbons (Fsp3) is 0.111. The van der Waals surface area contributed by atoms with Crippen molar-refractivity contribution in [2.75, 3.05) is 5.43 Å². The molecule has 18 heavy (non-hydrogen) atoms. The monoisotopic (exact) mass is 284 g/mol. The lowest BCUT2D eigenvalue weighted by Gasteiger charge is -2.04. The normalized spacial score (nSPS) is 11.8. The Labute approximate surface area is 103 Å². The highest BCUT2D eigenvalue weighted by Crippen LogP contribution is 2.29. The molecule has 0 aliphatic heterocycles. The highest BCUT2D eigenvalue weighted by molar-refractivity contribution is 6.32. The van der Waals surface area contributed by atoms with E-state index in [4.69, 9.17) is 16.7 Å². The zero-order valence-corrected chi connectivity index (χ0v) is 9.18. The van der Waals surface area contributed by atoms with Gasteiger partial charge in [0, 0.05) is 6.07 Å². The number of phenols is 1. The second-order valence-electron chi connectivity index (χ2n) is 3.02. The Hall–Kier alpha value is -1.83. The second-order valence-corrected chi connectivity index (χ2v) is 3.42. The summed E-state index contributed by atoms with van der Waals surface area (Å²) in [6, 6.07) is 1.55. The maximum Gasteiger partial charge on any atom is 0.455 e. The van der Waals surface area contributed by atoms with E-state index in [9.17, 15) is 22.4 Å². The van der Waals surface area contributed by atoms with Crippen LogP contribution in [0.25, 0.3) is 0 Å². The van der Waals surface area contributed by atoms with Crippen molar-refractivity contribution in [2.45, 2.75) is 6.18 Å². The van der Waals surface area contributed by atoms with E-state index in [0.717, 1.165) is 12.1 Å². The van der Waals surface area contributed by atoms with Crippen LogP contribution in [0.2, 0.25) is 5.02 Å². The van der Waals surface area contributed by atoms with Crippen LogP contribution in [-0.4, -0.2) is 23.3 Å². The molecule has 0 atom stereocenters. The maximum atomic E-state index is 13.1. The predicted octanol–water partition coefficient (Wildman–Crippen LogP) is 2.71. The number of phenolic OH excluding ortho intramolecular Hbond substituents is 1. The van der Waals surface area contributed by atoms with Crippen molar-refractivity contribution in [3.05, 3.63) is 23.0 Å². The molecule has 0 radical (unpaired) electrons. The number of hydrogen-bond donors (Lipinski definition) is 2. The number of halogens is 5. The van der Waals surface area contributed by atoms with E-state index in [1.165, 1.54) is 0 Å². The fourth-order valence-electron chi connectivity index (χ4n) is 0.857. The first-order chi connectivity index (χ1) is 8.21. The van der Waals surface area contributed by atoms with Crippen LogP contribution in [0.1, 0.15) is 0 Å². The van der Waals surface area contributed by atoms with Gasteiger partial charge in [0.05, 0.1) is 16.9 Å².